The number of hydrogen-bond acceptors (Lipinski definition) is 4. The molecule has 25 heavy (non-hydrogen) atoms. The third-order valence-corrected chi connectivity index (χ3v) is 4.65. The number of piperazine rings is 1. The van der Waals surface area contributed by atoms with Crippen molar-refractivity contribution in [2.45, 2.75) is 19.5 Å². The molecule has 3 aromatic rings. The topological polar surface area (TPSA) is 70.1 Å². The largest absolute Gasteiger partial charge is 0.341 e. The van der Waals surface area contributed by atoms with Gasteiger partial charge in [0.1, 0.15) is 5.82 Å². The molecule has 0 bridgehead atoms. The molecule has 7 nitrogen and oxygen atoms in total. The van der Waals surface area contributed by atoms with Gasteiger partial charge in [-0.25, -0.2) is 4.98 Å². The lowest BCUT2D eigenvalue weighted by Crippen LogP contribution is -2.48. The fraction of sp³-hybridized carbons (Fsp3) is 0.389. The number of carbonyl (C=O) groups is 1. The highest BCUT2D eigenvalue weighted by Crippen LogP contribution is 2.13. The van der Waals surface area contributed by atoms with Gasteiger partial charge in [0, 0.05) is 51.5 Å². The van der Waals surface area contributed by atoms with Crippen molar-refractivity contribution in [2.24, 2.45) is 0 Å². The number of fused-ring (bicyclic) bond motifs is 1. The Morgan fingerprint density at radius 2 is 1.96 bits per heavy atom. The molecule has 1 amide bonds. The molecule has 0 saturated carbocycles. The van der Waals surface area contributed by atoms with Crippen LogP contribution in [0.1, 0.15) is 12.2 Å². The van der Waals surface area contributed by atoms with Crippen molar-refractivity contribution >= 4 is 16.9 Å². The van der Waals surface area contributed by atoms with Crippen LogP contribution in [0, 0.1) is 0 Å². The Morgan fingerprint density at radius 1 is 1.12 bits per heavy atom. The number of aryl methyl sites for hydroxylation is 1. The monoisotopic (exact) mass is 338 g/mol. The predicted molar refractivity (Wildman–Crippen MR) is 94.8 cm³/mol. The summed E-state index contributed by atoms with van der Waals surface area (Å²) in [6.07, 6.45) is 4.13. The Balaban J connectivity index is 1.27. The van der Waals surface area contributed by atoms with E-state index >= 15 is 0 Å². The first-order valence-corrected chi connectivity index (χ1v) is 8.69. The summed E-state index contributed by atoms with van der Waals surface area (Å²) in [5.41, 5.74) is 2.08. The summed E-state index contributed by atoms with van der Waals surface area (Å²) in [5, 5.41) is 4.14. The SMILES string of the molecule is O=C(CCn1cccn1)N1CCN(Cc2nc3ccccc3[nH]2)CC1. The molecule has 130 valence electrons. The molecule has 7 heteroatoms. The van der Waals surface area contributed by atoms with Crippen LogP contribution in [0.3, 0.4) is 0 Å². The van der Waals surface area contributed by atoms with Crippen molar-refractivity contribution in [3.05, 3.63) is 48.5 Å². The summed E-state index contributed by atoms with van der Waals surface area (Å²) in [4.78, 5) is 24.6. The molecule has 1 aromatic carbocycles. The first-order chi connectivity index (χ1) is 12.3. The second kappa shape index (κ2) is 7.06. The Morgan fingerprint density at radius 3 is 2.72 bits per heavy atom. The number of aromatic nitrogens is 4. The maximum atomic E-state index is 12.3. The molecule has 1 aliphatic heterocycles. The Kier molecular flexibility index (Phi) is 4.47. The number of benzene rings is 1. The van der Waals surface area contributed by atoms with Crippen molar-refractivity contribution in [1.29, 1.82) is 0 Å². The molecule has 0 atom stereocenters. The number of imidazole rings is 1. The summed E-state index contributed by atoms with van der Waals surface area (Å²) in [5.74, 6) is 1.19. The van der Waals surface area contributed by atoms with Crippen molar-refractivity contribution < 1.29 is 4.79 Å². The normalized spacial score (nSPS) is 15.8. The van der Waals surface area contributed by atoms with Crippen LogP contribution in [0.25, 0.3) is 11.0 Å². The lowest BCUT2D eigenvalue weighted by atomic mass is 10.2. The maximum Gasteiger partial charge on any atom is 0.224 e. The van der Waals surface area contributed by atoms with Gasteiger partial charge in [0.25, 0.3) is 0 Å². The number of amides is 1. The number of aromatic amines is 1. The molecular formula is C18H22N6O. The van der Waals surface area contributed by atoms with Crippen LogP contribution >= 0.6 is 0 Å². The molecule has 1 saturated heterocycles. The minimum Gasteiger partial charge on any atom is -0.341 e. The van der Waals surface area contributed by atoms with Crippen LogP contribution in [0.5, 0.6) is 0 Å². The van der Waals surface area contributed by atoms with Crippen LogP contribution < -0.4 is 0 Å². The van der Waals surface area contributed by atoms with E-state index in [0.29, 0.717) is 13.0 Å². The minimum absolute atomic E-state index is 0.207. The standard InChI is InChI=1S/C18H22N6O/c25-18(6-9-24-8-3-7-19-24)23-12-10-22(11-13-23)14-17-20-15-4-1-2-5-16(15)21-17/h1-5,7-8H,6,9-14H2,(H,20,21). The average molecular weight is 338 g/mol. The second-order valence-electron chi connectivity index (χ2n) is 6.38. The average Bonchev–Trinajstić information content (AvgIpc) is 3.29. The van der Waals surface area contributed by atoms with Gasteiger partial charge < -0.3 is 9.88 Å². The molecule has 4 rings (SSSR count). The van der Waals surface area contributed by atoms with Gasteiger partial charge in [-0.05, 0) is 18.2 Å². The van der Waals surface area contributed by atoms with Crippen molar-refractivity contribution in [3.8, 4) is 0 Å². The molecule has 3 heterocycles. The van der Waals surface area contributed by atoms with Gasteiger partial charge in [-0.2, -0.15) is 5.10 Å². The summed E-state index contributed by atoms with van der Waals surface area (Å²) in [6, 6.07) is 9.95. The van der Waals surface area contributed by atoms with Gasteiger partial charge >= 0.3 is 0 Å². The molecule has 0 aliphatic carbocycles. The first-order valence-electron chi connectivity index (χ1n) is 8.69. The van der Waals surface area contributed by atoms with E-state index in [1.807, 2.05) is 41.4 Å². The Labute approximate surface area is 146 Å². The fourth-order valence-electron chi connectivity index (χ4n) is 3.25. The van der Waals surface area contributed by atoms with Crippen LogP contribution in [0.4, 0.5) is 0 Å². The van der Waals surface area contributed by atoms with E-state index in [4.69, 9.17) is 0 Å². The summed E-state index contributed by atoms with van der Waals surface area (Å²) < 4.78 is 1.80. The number of hydrogen-bond donors (Lipinski definition) is 1. The second-order valence-corrected chi connectivity index (χ2v) is 6.38. The highest BCUT2D eigenvalue weighted by Gasteiger charge is 2.21. The van der Waals surface area contributed by atoms with E-state index in [0.717, 1.165) is 49.6 Å². The van der Waals surface area contributed by atoms with Crippen LogP contribution in [-0.4, -0.2) is 61.6 Å². The van der Waals surface area contributed by atoms with Gasteiger partial charge in [-0.3, -0.25) is 14.4 Å². The number of H-pyrrole nitrogens is 1. The van der Waals surface area contributed by atoms with Gasteiger partial charge in [-0.1, -0.05) is 12.1 Å². The zero-order chi connectivity index (χ0) is 17.1. The molecule has 0 spiro atoms. The zero-order valence-electron chi connectivity index (χ0n) is 14.1. The van der Waals surface area contributed by atoms with Gasteiger partial charge in [0.15, 0.2) is 0 Å². The van der Waals surface area contributed by atoms with Gasteiger partial charge in [-0.15, -0.1) is 0 Å². The lowest BCUT2D eigenvalue weighted by molar-refractivity contribution is -0.133. The van der Waals surface area contributed by atoms with E-state index in [-0.39, 0.29) is 5.91 Å². The van der Waals surface area contributed by atoms with E-state index in [9.17, 15) is 4.79 Å². The quantitative estimate of drug-likeness (QED) is 0.765. The Bertz CT molecular complexity index is 799. The molecule has 1 aliphatic rings. The Hall–Kier alpha value is -2.67. The third kappa shape index (κ3) is 3.71. The molecule has 1 fully saturated rings. The highest BCUT2D eigenvalue weighted by molar-refractivity contribution is 5.76. The lowest BCUT2D eigenvalue weighted by Gasteiger charge is -2.34. The van der Waals surface area contributed by atoms with E-state index in [2.05, 4.69) is 20.0 Å². The number of rotatable bonds is 5. The first kappa shape index (κ1) is 15.8. The molecular weight excluding hydrogens is 316 g/mol. The number of nitrogens with zero attached hydrogens (tertiary/aromatic N) is 5. The van der Waals surface area contributed by atoms with Crippen LogP contribution in [-0.2, 0) is 17.9 Å². The zero-order valence-corrected chi connectivity index (χ0v) is 14.1. The molecule has 1 N–H and O–H groups in total. The van der Waals surface area contributed by atoms with E-state index < -0.39 is 0 Å². The van der Waals surface area contributed by atoms with Crippen LogP contribution in [0.15, 0.2) is 42.7 Å². The molecule has 0 unspecified atom stereocenters. The smallest absolute Gasteiger partial charge is 0.224 e. The summed E-state index contributed by atoms with van der Waals surface area (Å²) >= 11 is 0. The predicted octanol–water partition coefficient (Wildman–Crippen LogP) is 1.49. The van der Waals surface area contributed by atoms with Gasteiger partial charge in [0.2, 0.25) is 5.91 Å². The number of nitrogens with one attached hydrogen (secondary N) is 1. The van der Waals surface area contributed by atoms with Crippen molar-refractivity contribution in [3.63, 3.8) is 0 Å². The maximum absolute atomic E-state index is 12.3. The van der Waals surface area contributed by atoms with Crippen LogP contribution in [0.2, 0.25) is 0 Å². The summed E-state index contributed by atoms with van der Waals surface area (Å²) in [6.45, 7) is 4.75. The van der Waals surface area contributed by atoms with E-state index in [1.165, 1.54) is 0 Å². The number of para-hydroxylation sites is 2. The molecule has 0 radical (unpaired) electrons. The summed E-state index contributed by atoms with van der Waals surface area (Å²) in [7, 11) is 0. The van der Waals surface area contributed by atoms with E-state index in [1.54, 1.807) is 10.9 Å². The molecule has 2 aromatic heterocycles. The minimum atomic E-state index is 0.207. The fourth-order valence-corrected chi connectivity index (χ4v) is 3.25. The van der Waals surface area contributed by atoms with Crippen molar-refractivity contribution in [2.75, 3.05) is 26.2 Å². The van der Waals surface area contributed by atoms with Crippen molar-refractivity contribution in [1.82, 2.24) is 29.5 Å². The van der Waals surface area contributed by atoms with Gasteiger partial charge in [0.05, 0.1) is 17.6 Å². The highest BCUT2D eigenvalue weighted by atomic mass is 16.2. The third-order valence-electron chi connectivity index (χ3n) is 4.65. The number of carbonyl (C=O) groups excluding carboxylic acids is 1.